The van der Waals surface area contributed by atoms with E-state index < -0.39 is 10.7 Å². The average molecular weight is 350 g/mol. The second-order valence-corrected chi connectivity index (χ2v) is 4.20. The third-order valence-electron chi connectivity index (χ3n) is 1.83. The van der Waals surface area contributed by atoms with Gasteiger partial charge in [0.2, 0.25) is 0 Å². The smallest absolute Gasteiger partial charge is 0.283 e. The second kappa shape index (κ2) is 5.23. The van der Waals surface area contributed by atoms with Crippen LogP contribution in [0.25, 0.3) is 0 Å². The molecule has 0 aliphatic heterocycles. The first-order chi connectivity index (χ1) is 7.51. The Labute approximate surface area is 109 Å². The van der Waals surface area contributed by atoms with Crippen molar-refractivity contribution in [3.63, 3.8) is 0 Å². The summed E-state index contributed by atoms with van der Waals surface area (Å²) in [6.07, 6.45) is 0. The number of nitriles is 1. The molecule has 7 heteroatoms. The van der Waals surface area contributed by atoms with Gasteiger partial charge in [-0.1, -0.05) is 0 Å². The Morgan fingerprint density at radius 1 is 1.62 bits per heavy atom. The summed E-state index contributed by atoms with van der Waals surface area (Å²) in [7, 11) is 0. The topological polar surface area (TPSA) is 84.0 Å². The molecule has 1 aromatic rings. The van der Waals surface area contributed by atoms with Crippen molar-refractivity contribution in [2.24, 2.45) is 0 Å². The maximum atomic E-state index is 11.4. The lowest BCUT2D eigenvalue weighted by Crippen LogP contribution is -2.05. The molecule has 0 saturated carbocycles. The number of carbonyl (C=O) groups is 1. The van der Waals surface area contributed by atoms with Gasteiger partial charge in [-0.15, -0.1) is 11.6 Å². The highest BCUT2D eigenvalue weighted by molar-refractivity contribution is 14.1. The summed E-state index contributed by atoms with van der Waals surface area (Å²) in [5.74, 6) is -0.815. The number of nitro benzene ring substituents is 1. The van der Waals surface area contributed by atoms with Crippen molar-refractivity contribution < 1.29 is 9.72 Å². The van der Waals surface area contributed by atoms with Crippen LogP contribution in [0, 0.1) is 25.0 Å². The number of benzene rings is 1. The molecule has 0 fully saturated rings. The van der Waals surface area contributed by atoms with Crippen LogP contribution in [0.15, 0.2) is 12.1 Å². The van der Waals surface area contributed by atoms with Gasteiger partial charge in [0.25, 0.3) is 5.69 Å². The van der Waals surface area contributed by atoms with E-state index in [1.165, 1.54) is 6.07 Å². The van der Waals surface area contributed by atoms with Gasteiger partial charge in [-0.05, 0) is 28.7 Å². The maximum Gasteiger partial charge on any atom is 0.283 e. The molecule has 1 rings (SSSR count). The molecule has 0 aromatic heterocycles. The van der Waals surface area contributed by atoms with Gasteiger partial charge in [0.1, 0.15) is 0 Å². The lowest BCUT2D eigenvalue weighted by atomic mass is 10.0. The molecule has 5 nitrogen and oxygen atoms in total. The zero-order valence-corrected chi connectivity index (χ0v) is 10.7. The van der Waals surface area contributed by atoms with Crippen molar-refractivity contribution >= 4 is 45.7 Å². The van der Waals surface area contributed by atoms with Crippen LogP contribution in [0.4, 0.5) is 5.69 Å². The van der Waals surface area contributed by atoms with Gasteiger partial charge in [-0.2, -0.15) is 5.26 Å². The van der Waals surface area contributed by atoms with Gasteiger partial charge in [-0.3, -0.25) is 14.9 Å². The summed E-state index contributed by atoms with van der Waals surface area (Å²) < 4.78 is 0.310. The number of halogens is 2. The monoisotopic (exact) mass is 350 g/mol. The predicted octanol–water partition coefficient (Wildman–Crippen LogP) is 2.49. The molecule has 82 valence electrons. The van der Waals surface area contributed by atoms with E-state index in [0.29, 0.717) is 3.57 Å². The van der Waals surface area contributed by atoms with Crippen LogP contribution in [0.1, 0.15) is 15.9 Å². The molecule has 0 aliphatic rings. The average Bonchev–Trinajstić information content (AvgIpc) is 2.27. The van der Waals surface area contributed by atoms with Crippen molar-refractivity contribution in [2.75, 3.05) is 5.88 Å². The van der Waals surface area contributed by atoms with Gasteiger partial charge in [-0.25, -0.2) is 0 Å². The van der Waals surface area contributed by atoms with E-state index in [9.17, 15) is 14.9 Å². The predicted molar refractivity (Wildman–Crippen MR) is 65.6 cm³/mol. The standard InChI is InChI=1S/C9H4ClIN2O3/c10-3-9(14)6-2-8(13(15)16)7(11)1-5(6)4-12/h1-2H,3H2. The number of carbonyl (C=O) groups excluding carboxylic acids is 1. The van der Waals surface area contributed by atoms with Crippen LogP contribution in [0.5, 0.6) is 0 Å². The molecular formula is C9H4ClIN2O3. The second-order valence-electron chi connectivity index (χ2n) is 2.77. The quantitative estimate of drug-likeness (QED) is 0.276. The van der Waals surface area contributed by atoms with Crippen LogP contribution in [-0.4, -0.2) is 16.6 Å². The van der Waals surface area contributed by atoms with Gasteiger partial charge >= 0.3 is 0 Å². The van der Waals surface area contributed by atoms with Crippen LogP contribution in [0.3, 0.4) is 0 Å². The molecule has 0 unspecified atom stereocenters. The van der Waals surface area contributed by atoms with E-state index in [-0.39, 0.29) is 22.7 Å². The summed E-state index contributed by atoms with van der Waals surface area (Å²) in [5, 5.41) is 19.5. The number of nitrogens with zero attached hydrogens (tertiary/aromatic N) is 2. The molecular weight excluding hydrogens is 346 g/mol. The Morgan fingerprint density at radius 3 is 2.69 bits per heavy atom. The highest BCUT2D eigenvalue weighted by atomic mass is 127. The molecule has 0 aliphatic carbocycles. The van der Waals surface area contributed by atoms with E-state index in [0.717, 1.165) is 6.07 Å². The summed E-state index contributed by atoms with van der Waals surface area (Å²) in [4.78, 5) is 21.4. The zero-order chi connectivity index (χ0) is 12.3. The molecule has 16 heavy (non-hydrogen) atoms. The molecule has 0 spiro atoms. The van der Waals surface area contributed by atoms with Gasteiger partial charge < -0.3 is 0 Å². The van der Waals surface area contributed by atoms with E-state index in [1.54, 1.807) is 22.6 Å². The summed E-state index contributed by atoms with van der Waals surface area (Å²) in [6.45, 7) is 0. The Bertz CT molecular complexity index is 510. The number of Topliss-reactive ketones (excluding diaryl/α,β-unsaturated/α-hetero) is 1. The van der Waals surface area contributed by atoms with Crippen molar-refractivity contribution in [3.05, 3.63) is 36.9 Å². The minimum Gasteiger partial charge on any atom is -0.293 e. The molecule has 0 bridgehead atoms. The fraction of sp³-hybridized carbons (Fsp3) is 0.111. The summed E-state index contributed by atoms with van der Waals surface area (Å²) in [6, 6.07) is 4.20. The number of hydrogen-bond donors (Lipinski definition) is 0. The number of ketones is 1. The molecule has 0 amide bonds. The Morgan fingerprint density at radius 2 is 2.25 bits per heavy atom. The molecule has 0 saturated heterocycles. The maximum absolute atomic E-state index is 11.4. The Balaban J connectivity index is 3.48. The minimum atomic E-state index is -0.603. The fourth-order valence-electron chi connectivity index (χ4n) is 1.10. The number of alkyl halides is 1. The van der Waals surface area contributed by atoms with E-state index in [1.807, 2.05) is 6.07 Å². The largest absolute Gasteiger partial charge is 0.293 e. The van der Waals surface area contributed by atoms with Crippen LogP contribution < -0.4 is 0 Å². The molecule has 0 heterocycles. The minimum absolute atomic E-state index is 0.00961. The number of hydrogen-bond acceptors (Lipinski definition) is 4. The number of rotatable bonds is 3. The van der Waals surface area contributed by atoms with Crippen LogP contribution >= 0.6 is 34.2 Å². The molecule has 1 aromatic carbocycles. The van der Waals surface area contributed by atoms with Gasteiger partial charge in [0.05, 0.1) is 26.0 Å². The summed E-state index contributed by atoms with van der Waals surface area (Å²) >= 11 is 7.10. The molecule has 0 atom stereocenters. The third kappa shape index (κ3) is 2.48. The van der Waals surface area contributed by atoms with E-state index >= 15 is 0 Å². The number of nitro groups is 1. The van der Waals surface area contributed by atoms with Crippen LogP contribution in [-0.2, 0) is 0 Å². The highest BCUT2D eigenvalue weighted by Gasteiger charge is 2.19. The van der Waals surface area contributed by atoms with Gasteiger partial charge in [0, 0.05) is 11.6 Å². The van der Waals surface area contributed by atoms with Crippen LogP contribution in [0.2, 0.25) is 0 Å². The first kappa shape index (κ1) is 12.9. The normalized spacial score (nSPS) is 9.56. The van der Waals surface area contributed by atoms with Crippen molar-refractivity contribution in [2.45, 2.75) is 0 Å². The van der Waals surface area contributed by atoms with Crippen molar-refractivity contribution in [1.29, 1.82) is 5.26 Å². The first-order valence-corrected chi connectivity index (χ1v) is 5.59. The van der Waals surface area contributed by atoms with Crippen molar-refractivity contribution in [3.8, 4) is 6.07 Å². The fourth-order valence-corrected chi connectivity index (χ4v) is 1.90. The zero-order valence-electron chi connectivity index (χ0n) is 7.74. The van der Waals surface area contributed by atoms with E-state index in [4.69, 9.17) is 16.9 Å². The Kier molecular flexibility index (Phi) is 4.20. The first-order valence-electron chi connectivity index (χ1n) is 3.98. The highest BCUT2D eigenvalue weighted by Crippen LogP contribution is 2.25. The third-order valence-corrected chi connectivity index (χ3v) is 2.93. The Hall–Kier alpha value is -1.20. The molecule has 0 radical (unpaired) electrons. The lowest BCUT2D eigenvalue weighted by Gasteiger charge is -2.02. The SMILES string of the molecule is N#Cc1cc(I)c([N+](=O)[O-])cc1C(=O)CCl. The summed E-state index contributed by atoms with van der Waals surface area (Å²) in [5.41, 5.74) is -0.113. The lowest BCUT2D eigenvalue weighted by molar-refractivity contribution is -0.385. The van der Waals surface area contributed by atoms with Crippen molar-refractivity contribution in [1.82, 2.24) is 0 Å². The van der Waals surface area contributed by atoms with Gasteiger partial charge in [0.15, 0.2) is 5.78 Å². The molecule has 0 N–H and O–H groups in total. The van der Waals surface area contributed by atoms with E-state index in [2.05, 4.69) is 0 Å².